The van der Waals surface area contributed by atoms with Crippen LogP contribution in [0.1, 0.15) is 6.92 Å². The molecule has 11 heteroatoms. The second-order valence-electron chi connectivity index (χ2n) is 2.97. The summed E-state index contributed by atoms with van der Waals surface area (Å²) in [5.41, 5.74) is 0. The summed E-state index contributed by atoms with van der Waals surface area (Å²) in [7, 11) is -4.63. The first-order valence-electron chi connectivity index (χ1n) is 4.69. The van der Waals surface area contributed by atoms with Crippen LogP contribution in [0.25, 0.3) is 0 Å². The van der Waals surface area contributed by atoms with Crippen molar-refractivity contribution < 1.29 is 31.1 Å². The normalized spacial score (nSPS) is 12.6. The van der Waals surface area contributed by atoms with Crippen molar-refractivity contribution in [3.05, 3.63) is 0 Å². The Morgan fingerprint density at radius 3 is 2.39 bits per heavy atom. The molecule has 108 valence electrons. The highest BCUT2D eigenvalue weighted by Gasteiger charge is 2.36. The standard InChI is InChI=1S/C7H12ClF3N2O4S/c1-2-17-6(14)12-18(15,16)13(4-3-8)5-7(9,10)11/h2-5H2,1H3,(H,12,14). The first kappa shape index (κ1) is 17.3. The number of alkyl halides is 4. The zero-order chi connectivity index (χ0) is 14.4. The number of carbonyl (C=O) groups excluding carboxylic acids is 1. The number of nitrogens with one attached hydrogen (secondary N) is 1. The van der Waals surface area contributed by atoms with Gasteiger partial charge in [-0.15, -0.1) is 11.6 Å². The molecule has 0 spiro atoms. The van der Waals surface area contributed by atoms with Crippen LogP contribution >= 0.6 is 11.6 Å². The fourth-order valence-electron chi connectivity index (χ4n) is 0.909. The van der Waals surface area contributed by atoms with Crippen molar-refractivity contribution in [2.45, 2.75) is 13.1 Å². The van der Waals surface area contributed by atoms with E-state index in [1.165, 1.54) is 11.6 Å². The lowest BCUT2D eigenvalue weighted by atomic mass is 10.6. The molecule has 0 saturated carbocycles. The van der Waals surface area contributed by atoms with Gasteiger partial charge in [-0.3, -0.25) is 0 Å². The van der Waals surface area contributed by atoms with E-state index in [4.69, 9.17) is 11.6 Å². The number of halogens is 4. The van der Waals surface area contributed by atoms with E-state index in [0.29, 0.717) is 0 Å². The van der Waals surface area contributed by atoms with Crippen LogP contribution in [0.2, 0.25) is 0 Å². The van der Waals surface area contributed by atoms with Gasteiger partial charge in [0.25, 0.3) is 0 Å². The maximum absolute atomic E-state index is 12.2. The third kappa shape index (κ3) is 6.87. The zero-order valence-corrected chi connectivity index (χ0v) is 10.9. The molecule has 0 aromatic heterocycles. The van der Waals surface area contributed by atoms with Gasteiger partial charge >= 0.3 is 22.5 Å². The average molecular weight is 313 g/mol. The van der Waals surface area contributed by atoms with E-state index in [0.717, 1.165) is 0 Å². The molecule has 0 heterocycles. The zero-order valence-electron chi connectivity index (χ0n) is 9.33. The summed E-state index contributed by atoms with van der Waals surface area (Å²) >= 11 is 5.21. The molecule has 0 radical (unpaired) electrons. The van der Waals surface area contributed by atoms with Crippen LogP contribution in [-0.4, -0.2) is 50.6 Å². The van der Waals surface area contributed by atoms with Crippen molar-refractivity contribution in [2.75, 3.05) is 25.6 Å². The van der Waals surface area contributed by atoms with Gasteiger partial charge < -0.3 is 4.74 Å². The second kappa shape index (κ2) is 7.00. The number of amides is 1. The fourth-order valence-corrected chi connectivity index (χ4v) is 2.26. The van der Waals surface area contributed by atoms with E-state index in [2.05, 4.69) is 4.74 Å². The van der Waals surface area contributed by atoms with Crippen LogP contribution in [0, 0.1) is 0 Å². The molecule has 0 rings (SSSR count). The monoisotopic (exact) mass is 312 g/mol. The van der Waals surface area contributed by atoms with Crippen molar-refractivity contribution in [2.24, 2.45) is 0 Å². The smallest absolute Gasteiger partial charge is 0.421 e. The fraction of sp³-hybridized carbons (Fsp3) is 0.857. The van der Waals surface area contributed by atoms with E-state index in [1.54, 1.807) is 0 Å². The Morgan fingerprint density at radius 2 is 2.00 bits per heavy atom. The number of hydrogen-bond acceptors (Lipinski definition) is 4. The maximum atomic E-state index is 12.2. The molecule has 0 unspecified atom stereocenters. The van der Waals surface area contributed by atoms with Crippen molar-refractivity contribution in [1.29, 1.82) is 0 Å². The van der Waals surface area contributed by atoms with Gasteiger partial charge in [0.15, 0.2) is 0 Å². The third-order valence-corrected chi connectivity index (χ3v) is 3.10. The summed E-state index contributed by atoms with van der Waals surface area (Å²) in [4.78, 5) is 10.9. The summed E-state index contributed by atoms with van der Waals surface area (Å²) in [5.74, 6) is -0.347. The van der Waals surface area contributed by atoms with Gasteiger partial charge in [-0.2, -0.15) is 25.9 Å². The Bertz CT molecular complexity index is 373. The number of rotatable bonds is 6. The molecule has 0 aliphatic carbocycles. The van der Waals surface area contributed by atoms with Crippen LogP contribution in [0.3, 0.4) is 0 Å². The van der Waals surface area contributed by atoms with Gasteiger partial charge in [0.1, 0.15) is 6.54 Å². The number of hydrogen-bond donors (Lipinski definition) is 1. The van der Waals surface area contributed by atoms with Crippen LogP contribution in [0.4, 0.5) is 18.0 Å². The first-order chi connectivity index (χ1) is 8.12. The minimum Gasteiger partial charge on any atom is -0.449 e. The van der Waals surface area contributed by atoms with E-state index >= 15 is 0 Å². The Hall–Kier alpha value is -0.740. The van der Waals surface area contributed by atoms with Crippen molar-refractivity contribution in [1.82, 2.24) is 9.03 Å². The molecule has 1 N–H and O–H groups in total. The van der Waals surface area contributed by atoms with Crippen molar-refractivity contribution in [3.8, 4) is 0 Å². The molecular weight excluding hydrogens is 301 g/mol. The number of ether oxygens (including phenoxy) is 1. The molecule has 18 heavy (non-hydrogen) atoms. The topological polar surface area (TPSA) is 75.7 Å². The summed E-state index contributed by atoms with van der Waals surface area (Å²) in [6.07, 6.45) is -6.09. The summed E-state index contributed by atoms with van der Waals surface area (Å²) in [5, 5.41) is 0. The van der Waals surface area contributed by atoms with Gasteiger partial charge in [0, 0.05) is 12.4 Å². The van der Waals surface area contributed by atoms with E-state index in [-0.39, 0.29) is 16.8 Å². The summed E-state index contributed by atoms with van der Waals surface area (Å²) in [6.45, 7) is -1.03. The van der Waals surface area contributed by atoms with Crippen molar-refractivity contribution >= 4 is 27.9 Å². The molecule has 0 aliphatic heterocycles. The van der Waals surface area contributed by atoms with Crippen LogP contribution < -0.4 is 4.72 Å². The number of nitrogens with zero attached hydrogens (tertiary/aromatic N) is 1. The minimum absolute atomic E-state index is 0.0108. The van der Waals surface area contributed by atoms with E-state index in [9.17, 15) is 26.4 Å². The lowest BCUT2D eigenvalue weighted by molar-refractivity contribution is -0.135. The Kier molecular flexibility index (Phi) is 6.71. The molecule has 0 aromatic carbocycles. The second-order valence-corrected chi connectivity index (χ2v) is 5.01. The predicted octanol–water partition coefficient (Wildman–Crippen LogP) is 1.08. The van der Waals surface area contributed by atoms with Gasteiger partial charge in [-0.25, -0.2) is 9.52 Å². The summed E-state index contributed by atoms with van der Waals surface area (Å²) < 4.78 is 65.0. The highest BCUT2D eigenvalue weighted by atomic mass is 35.5. The largest absolute Gasteiger partial charge is 0.449 e. The Labute approximate surface area is 107 Å². The lowest BCUT2D eigenvalue weighted by Crippen LogP contribution is -2.48. The molecule has 0 saturated heterocycles. The molecule has 0 fully saturated rings. The first-order valence-corrected chi connectivity index (χ1v) is 6.67. The highest BCUT2D eigenvalue weighted by Crippen LogP contribution is 2.18. The van der Waals surface area contributed by atoms with Crippen LogP contribution in [0.15, 0.2) is 0 Å². The van der Waals surface area contributed by atoms with E-state index < -0.39 is 35.6 Å². The molecular formula is C7H12ClF3N2O4S. The minimum atomic E-state index is -4.74. The highest BCUT2D eigenvalue weighted by molar-refractivity contribution is 7.87. The van der Waals surface area contributed by atoms with Gasteiger partial charge in [0.05, 0.1) is 6.61 Å². The summed E-state index contributed by atoms with van der Waals surface area (Å²) in [6, 6.07) is 0. The lowest BCUT2D eigenvalue weighted by Gasteiger charge is -2.22. The maximum Gasteiger partial charge on any atom is 0.421 e. The molecule has 0 atom stereocenters. The molecule has 0 aliphatic rings. The van der Waals surface area contributed by atoms with Gasteiger partial charge in [-0.1, -0.05) is 0 Å². The Morgan fingerprint density at radius 1 is 1.44 bits per heavy atom. The van der Waals surface area contributed by atoms with E-state index in [1.807, 2.05) is 0 Å². The molecule has 0 bridgehead atoms. The predicted molar refractivity (Wildman–Crippen MR) is 57.4 cm³/mol. The van der Waals surface area contributed by atoms with Crippen LogP contribution in [-0.2, 0) is 14.9 Å². The van der Waals surface area contributed by atoms with Crippen LogP contribution in [0.5, 0.6) is 0 Å². The Balaban J connectivity index is 4.82. The van der Waals surface area contributed by atoms with Gasteiger partial charge in [0.2, 0.25) is 0 Å². The SMILES string of the molecule is CCOC(=O)NS(=O)(=O)N(CCCl)CC(F)(F)F. The third-order valence-electron chi connectivity index (χ3n) is 1.52. The van der Waals surface area contributed by atoms with Crippen molar-refractivity contribution in [3.63, 3.8) is 0 Å². The molecule has 6 nitrogen and oxygen atoms in total. The number of carbonyl (C=O) groups is 1. The van der Waals surface area contributed by atoms with Gasteiger partial charge in [-0.05, 0) is 6.92 Å². The average Bonchev–Trinajstić information content (AvgIpc) is 2.14. The quantitative estimate of drug-likeness (QED) is 0.745. The molecule has 0 aromatic rings. The molecule has 1 amide bonds.